The quantitative estimate of drug-likeness (QED) is 0.590. The van der Waals surface area contributed by atoms with Crippen molar-refractivity contribution in [2.75, 3.05) is 12.3 Å². The van der Waals surface area contributed by atoms with Gasteiger partial charge in [0.15, 0.2) is 0 Å². The number of halogens is 2. The Hall–Kier alpha value is -1.20. The maximum atomic E-state index is 12.9. The molecule has 1 atom stereocenters. The Morgan fingerprint density at radius 3 is 2.46 bits per heavy atom. The molecule has 1 unspecified atom stereocenters. The van der Waals surface area contributed by atoms with Crippen molar-refractivity contribution in [3.05, 3.63) is 29.3 Å². The molecule has 0 saturated carbocycles. The molecule has 0 aliphatic rings. The number of benzene rings is 1. The van der Waals surface area contributed by atoms with Crippen molar-refractivity contribution >= 4 is 5.69 Å². The summed E-state index contributed by atoms with van der Waals surface area (Å²) in [6.45, 7) is 0.0904. The van der Waals surface area contributed by atoms with Crippen LogP contribution < -0.4 is 17.2 Å². The van der Waals surface area contributed by atoms with Crippen LogP contribution in [-0.4, -0.2) is 6.54 Å². The molecule has 0 radical (unpaired) electrons. The van der Waals surface area contributed by atoms with E-state index in [1.165, 1.54) is 0 Å². The third kappa shape index (κ3) is 1.93. The van der Waals surface area contributed by atoms with E-state index in [9.17, 15) is 8.78 Å². The van der Waals surface area contributed by atoms with Crippen LogP contribution in [0.25, 0.3) is 0 Å². The van der Waals surface area contributed by atoms with Gasteiger partial charge in [-0.25, -0.2) is 8.78 Å². The maximum Gasteiger partial charge on any atom is 0.149 e. The van der Waals surface area contributed by atoms with Crippen LogP contribution in [0.5, 0.6) is 0 Å². The summed E-state index contributed by atoms with van der Waals surface area (Å²) in [4.78, 5) is 0. The Labute approximate surface area is 74.5 Å². The van der Waals surface area contributed by atoms with Crippen molar-refractivity contribution in [1.82, 2.24) is 0 Å². The highest BCUT2D eigenvalue weighted by Crippen LogP contribution is 2.22. The summed E-state index contributed by atoms with van der Waals surface area (Å²) >= 11 is 0. The van der Waals surface area contributed by atoms with Crippen molar-refractivity contribution in [1.29, 1.82) is 0 Å². The Balaban J connectivity index is 3.20. The van der Waals surface area contributed by atoms with E-state index < -0.39 is 17.7 Å². The summed E-state index contributed by atoms with van der Waals surface area (Å²) < 4.78 is 25.6. The average molecular weight is 187 g/mol. The summed E-state index contributed by atoms with van der Waals surface area (Å²) in [6.07, 6.45) is 0. The number of rotatable bonds is 2. The lowest BCUT2D eigenvalue weighted by Crippen LogP contribution is -2.22. The lowest BCUT2D eigenvalue weighted by atomic mass is 10.1. The third-order valence-electron chi connectivity index (χ3n) is 1.78. The van der Waals surface area contributed by atoms with E-state index in [2.05, 4.69) is 0 Å². The number of nitrogens with two attached hydrogens (primary N) is 3. The second-order valence-electron chi connectivity index (χ2n) is 2.73. The fourth-order valence-electron chi connectivity index (χ4n) is 1.04. The van der Waals surface area contributed by atoms with Gasteiger partial charge in [-0.15, -0.1) is 0 Å². The second-order valence-corrected chi connectivity index (χ2v) is 2.73. The maximum absolute atomic E-state index is 12.9. The molecular formula is C8H11F2N3. The van der Waals surface area contributed by atoms with Crippen LogP contribution in [0, 0.1) is 11.6 Å². The molecule has 13 heavy (non-hydrogen) atoms. The van der Waals surface area contributed by atoms with Crippen LogP contribution in [0.3, 0.4) is 0 Å². The van der Waals surface area contributed by atoms with Crippen LogP contribution in [0.1, 0.15) is 11.6 Å². The molecule has 0 aliphatic carbocycles. The first kappa shape index (κ1) is 9.88. The first-order valence-electron chi connectivity index (χ1n) is 3.76. The van der Waals surface area contributed by atoms with E-state index in [1.54, 1.807) is 0 Å². The van der Waals surface area contributed by atoms with Gasteiger partial charge in [0.05, 0.1) is 5.69 Å². The van der Waals surface area contributed by atoms with Gasteiger partial charge in [0.25, 0.3) is 0 Å². The monoisotopic (exact) mass is 187 g/mol. The molecule has 0 aliphatic heterocycles. The first-order valence-corrected chi connectivity index (χ1v) is 3.76. The van der Waals surface area contributed by atoms with Crippen LogP contribution >= 0.6 is 0 Å². The molecule has 0 saturated heterocycles. The highest BCUT2D eigenvalue weighted by molar-refractivity contribution is 5.50. The standard InChI is InChI=1S/C8H11F2N3/c9-4-1-5(7(12)3-11)8(13)6(10)2-4/h1-2,7H,3,11-13H2. The smallest absolute Gasteiger partial charge is 0.149 e. The zero-order chi connectivity index (χ0) is 10.0. The van der Waals surface area contributed by atoms with Gasteiger partial charge in [0.1, 0.15) is 11.6 Å². The van der Waals surface area contributed by atoms with Crippen molar-refractivity contribution in [2.24, 2.45) is 11.5 Å². The summed E-state index contributed by atoms with van der Waals surface area (Å²) in [7, 11) is 0. The zero-order valence-corrected chi connectivity index (χ0v) is 6.93. The first-order chi connectivity index (χ1) is 6.06. The minimum Gasteiger partial charge on any atom is -0.396 e. The molecular weight excluding hydrogens is 176 g/mol. The Kier molecular flexibility index (Phi) is 2.79. The Morgan fingerprint density at radius 1 is 1.31 bits per heavy atom. The van der Waals surface area contributed by atoms with Crippen molar-refractivity contribution < 1.29 is 8.78 Å². The van der Waals surface area contributed by atoms with E-state index in [1.807, 2.05) is 0 Å². The summed E-state index contributed by atoms with van der Waals surface area (Å²) in [6, 6.07) is 1.17. The molecule has 72 valence electrons. The molecule has 5 heteroatoms. The molecule has 6 N–H and O–H groups in total. The molecule has 0 fully saturated rings. The lowest BCUT2D eigenvalue weighted by Gasteiger charge is -2.12. The third-order valence-corrected chi connectivity index (χ3v) is 1.78. The van der Waals surface area contributed by atoms with Gasteiger partial charge in [-0.05, 0) is 11.6 Å². The van der Waals surface area contributed by atoms with Crippen molar-refractivity contribution in [3.8, 4) is 0 Å². The van der Waals surface area contributed by atoms with Crippen molar-refractivity contribution in [3.63, 3.8) is 0 Å². The van der Waals surface area contributed by atoms with Gasteiger partial charge in [-0.2, -0.15) is 0 Å². The largest absolute Gasteiger partial charge is 0.396 e. The summed E-state index contributed by atoms with van der Waals surface area (Å²) in [5, 5.41) is 0. The van der Waals surface area contributed by atoms with E-state index in [0.717, 1.165) is 6.07 Å². The van der Waals surface area contributed by atoms with E-state index in [-0.39, 0.29) is 17.8 Å². The molecule has 3 nitrogen and oxygen atoms in total. The van der Waals surface area contributed by atoms with Crippen LogP contribution in [0.15, 0.2) is 12.1 Å². The van der Waals surface area contributed by atoms with Gasteiger partial charge in [-0.3, -0.25) is 0 Å². The fourth-order valence-corrected chi connectivity index (χ4v) is 1.04. The minimum absolute atomic E-state index is 0.0904. The Morgan fingerprint density at radius 2 is 1.92 bits per heavy atom. The highest BCUT2D eigenvalue weighted by atomic mass is 19.1. The molecule has 1 rings (SSSR count). The number of hydrogen-bond donors (Lipinski definition) is 3. The minimum atomic E-state index is -0.807. The molecule has 0 spiro atoms. The van der Waals surface area contributed by atoms with Gasteiger partial charge in [0, 0.05) is 18.7 Å². The molecule has 0 heterocycles. The molecule has 1 aromatic rings. The molecule has 0 amide bonds. The molecule has 0 bridgehead atoms. The van der Waals surface area contributed by atoms with Crippen LogP contribution in [0.4, 0.5) is 14.5 Å². The van der Waals surface area contributed by atoms with Gasteiger partial charge in [-0.1, -0.05) is 0 Å². The second kappa shape index (κ2) is 3.68. The van der Waals surface area contributed by atoms with Gasteiger partial charge in [0.2, 0.25) is 0 Å². The molecule has 1 aromatic carbocycles. The summed E-state index contributed by atoms with van der Waals surface area (Å²) in [5.41, 5.74) is 16.2. The SMILES string of the molecule is NCC(N)c1cc(F)cc(F)c1N. The van der Waals surface area contributed by atoms with E-state index in [0.29, 0.717) is 6.07 Å². The van der Waals surface area contributed by atoms with Crippen LogP contribution in [-0.2, 0) is 0 Å². The van der Waals surface area contributed by atoms with Gasteiger partial charge >= 0.3 is 0 Å². The predicted molar refractivity (Wildman–Crippen MR) is 46.8 cm³/mol. The fraction of sp³-hybridized carbons (Fsp3) is 0.250. The van der Waals surface area contributed by atoms with Gasteiger partial charge < -0.3 is 17.2 Å². The number of nitrogen functional groups attached to an aromatic ring is 1. The number of hydrogen-bond acceptors (Lipinski definition) is 3. The van der Waals surface area contributed by atoms with E-state index >= 15 is 0 Å². The lowest BCUT2D eigenvalue weighted by molar-refractivity contribution is 0.577. The summed E-state index contributed by atoms with van der Waals surface area (Å²) in [5.74, 6) is -1.51. The van der Waals surface area contributed by atoms with E-state index in [4.69, 9.17) is 17.2 Å². The molecule has 0 aromatic heterocycles. The average Bonchev–Trinajstić information content (AvgIpc) is 2.10. The van der Waals surface area contributed by atoms with Crippen molar-refractivity contribution in [2.45, 2.75) is 6.04 Å². The predicted octanol–water partition coefficient (Wildman–Crippen LogP) is 0.506. The zero-order valence-electron chi connectivity index (χ0n) is 6.93. The Bertz CT molecular complexity index is 315. The number of anilines is 1. The highest BCUT2D eigenvalue weighted by Gasteiger charge is 2.13. The topological polar surface area (TPSA) is 78.1 Å². The normalized spacial score (nSPS) is 12.9. The van der Waals surface area contributed by atoms with Crippen LogP contribution in [0.2, 0.25) is 0 Å².